The van der Waals surface area contributed by atoms with Gasteiger partial charge >= 0.3 is 6.09 Å². The number of hydrogen-bond acceptors (Lipinski definition) is 4. The van der Waals surface area contributed by atoms with Crippen LogP contribution in [0, 0.1) is 5.92 Å². The fourth-order valence-electron chi connectivity index (χ4n) is 2.63. The molecule has 5 nitrogen and oxygen atoms in total. The Morgan fingerprint density at radius 2 is 2.10 bits per heavy atom. The Balaban J connectivity index is 2.36. The van der Waals surface area contributed by atoms with Gasteiger partial charge in [0.2, 0.25) is 0 Å². The molecule has 1 saturated carbocycles. The van der Waals surface area contributed by atoms with E-state index in [2.05, 4.69) is 17.6 Å². The predicted octanol–water partition coefficient (Wildman–Crippen LogP) is 2.04. The maximum Gasteiger partial charge on any atom is 0.407 e. The summed E-state index contributed by atoms with van der Waals surface area (Å²) in [5.74, 6) is 0.420. The van der Waals surface area contributed by atoms with Crippen LogP contribution in [0.2, 0.25) is 0 Å². The van der Waals surface area contributed by atoms with Gasteiger partial charge in [-0.05, 0) is 46.0 Å². The van der Waals surface area contributed by atoms with E-state index in [1.807, 2.05) is 20.8 Å². The number of nitrogens with one attached hydrogen (secondary N) is 2. The molecule has 5 heteroatoms. The highest BCUT2D eigenvalue weighted by Gasteiger charge is 2.29. The molecule has 0 bridgehead atoms. The van der Waals surface area contributed by atoms with Crippen LogP contribution in [-0.2, 0) is 4.74 Å². The van der Waals surface area contributed by atoms with E-state index in [0.717, 1.165) is 19.3 Å². The molecule has 3 N–H and O–H groups in total. The third kappa shape index (κ3) is 6.09. The Bertz CT molecular complexity index is 298. The summed E-state index contributed by atoms with van der Waals surface area (Å²) in [4.78, 5) is 11.7. The van der Waals surface area contributed by atoms with Crippen molar-refractivity contribution < 1.29 is 14.6 Å². The molecule has 1 rings (SSSR count). The van der Waals surface area contributed by atoms with Gasteiger partial charge in [-0.2, -0.15) is 0 Å². The summed E-state index contributed by atoms with van der Waals surface area (Å²) in [7, 11) is 0. The number of hydrogen-bond donors (Lipinski definition) is 3. The van der Waals surface area contributed by atoms with Gasteiger partial charge in [0, 0.05) is 18.6 Å². The highest BCUT2D eigenvalue weighted by Crippen LogP contribution is 2.25. The van der Waals surface area contributed by atoms with Crippen molar-refractivity contribution in [1.29, 1.82) is 0 Å². The molecule has 2 unspecified atom stereocenters. The second kappa shape index (κ2) is 7.84. The minimum Gasteiger partial charge on any atom is -0.444 e. The molecule has 0 heterocycles. The molecule has 1 aliphatic rings. The standard InChI is InChI=1S/C15H30N2O3/c1-5-12(10-18)17-13-8-6-7-11(13)9-16-14(19)20-15(2,3)4/h11-13,17-18H,5-10H2,1-4H3,(H,16,19)/t11?,12-,13?/m1/s1. The van der Waals surface area contributed by atoms with Crippen LogP contribution in [0.3, 0.4) is 0 Å². The van der Waals surface area contributed by atoms with E-state index < -0.39 is 5.60 Å². The van der Waals surface area contributed by atoms with Crippen molar-refractivity contribution in [3.8, 4) is 0 Å². The average Bonchev–Trinajstić information content (AvgIpc) is 2.78. The van der Waals surface area contributed by atoms with Crippen molar-refractivity contribution in [3.05, 3.63) is 0 Å². The lowest BCUT2D eigenvalue weighted by atomic mass is 10.0. The van der Waals surface area contributed by atoms with E-state index in [-0.39, 0.29) is 18.7 Å². The first kappa shape index (κ1) is 17.2. The number of rotatable bonds is 6. The van der Waals surface area contributed by atoms with Gasteiger partial charge in [0.15, 0.2) is 0 Å². The Labute approximate surface area is 122 Å². The van der Waals surface area contributed by atoms with Crippen LogP contribution >= 0.6 is 0 Å². The molecule has 1 amide bonds. The first-order valence-corrected chi connectivity index (χ1v) is 7.69. The number of carbonyl (C=O) groups excluding carboxylic acids is 1. The van der Waals surface area contributed by atoms with Crippen molar-refractivity contribution in [2.24, 2.45) is 5.92 Å². The maximum atomic E-state index is 11.7. The molecular formula is C15H30N2O3. The van der Waals surface area contributed by atoms with Crippen molar-refractivity contribution in [2.45, 2.75) is 71.1 Å². The Hall–Kier alpha value is -0.810. The number of amides is 1. The lowest BCUT2D eigenvalue weighted by molar-refractivity contribution is 0.0516. The van der Waals surface area contributed by atoms with E-state index in [4.69, 9.17) is 4.74 Å². The predicted molar refractivity (Wildman–Crippen MR) is 79.7 cm³/mol. The summed E-state index contributed by atoms with van der Waals surface area (Å²) in [6.45, 7) is 8.45. The number of ether oxygens (including phenoxy) is 1. The number of aliphatic hydroxyl groups is 1. The van der Waals surface area contributed by atoms with Gasteiger partial charge in [0.1, 0.15) is 5.60 Å². The van der Waals surface area contributed by atoms with Crippen molar-refractivity contribution in [2.75, 3.05) is 13.2 Å². The first-order valence-electron chi connectivity index (χ1n) is 7.69. The number of carbonyl (C=O) groups is 1. The molecule has 0 aromatic rings. The third-order valence-corrected chi connectivity index (χ3v) is 3.73. The van der Waals surface area contributed by atoms with Crippen LogP contribution in [0.4, 0.5) is 4.79 Å². The number of alkyl carbamates (subject to hydrolysis) is 1. The molecule has 0 aromatic carbocycles. The summed E-state index contributed by atoms with van der Waals surface area (Å²) < 4.78 is 5.25. The molecule has 0 saturated heterocycles. The fourth-order valence-corrected chi connectivity index (χ4v) is 2.63. The molecule has 1 fully saturated rings. The summed E-state index contributed by atoms with van der Waals surface area (Å²) in [6.07, 6.45) is 3.95. The summed E-state index contributed by atoms with van der Waals surface area (Å²) in [6, 6.07) is 0.532. The topological polar surface area (TPSA) is 70.6 Å². The quantitative estimate of drug-likeness (QED) is 0.699. The van der Waals surface area contributed by atoms with Crippen LogP contribution < -0.4 is 10.6 Å². The molecule has 0 spiro atoms. The van der Waals surface area contributed by atoms with Crippen molar-refractivity contribution >= 4 is 6.09 Å². The van der Waals surface area contributed by atoms with Gasteiger partial charge in [-0.25, -0.2) is 4.79 Å². The third-order valence-electron chi connectivity index (χ3n) is 3.73. The van der Waals surface area contributed by atoms with E-state index in [1.165, 1.54) is 6.42 Å². The maximum absolute atomic E-state index is 11.7. The highest BCUT2D eigenvalue weighted by molar-refractivity contribution is 5.67. The summed E-state index contributed by atoms with van der Waals surface area (Å²) in [5.41, 5.74) is -0.457. The van der Waals surface area contributed by atoms with Gasteiger partial charge in [0.05, 0.1) is 6.61 Å². The van der Waals surface area contributed by atoms with E-state index in [0.29, 0.717) is 18.5 Å². The highest BCUT2D eigenvalue weighted by atomic mass is 16.6. The van der Waals surface area contributed by atoms with Crippen molar-refractivity contribution in [1.82, 2.24) is 10.6 Å². The van der Waals surface area contributed by atoms with Gasteiger partial charge in [-0.1, -0.05) is 13.3 Å². The van der Waals surface area contributed by atoms with Crippen LogP contribution in [0.15, 0.2) is 0 Å². The van der Waals surface area contributed by atoms with Gasteiger partial charge in [-0.15, -0.1) is 0 Å². The largest absolute Gasteiger partial charge is 0.444 e. The zero-order valence-electron chi connectivity index (χ0n) is 13.2. The zero-order valence-corrected chi connectivity index (χ0v) is 13.2. The minimum atomic E-state index is -0.457. The average molecular weight is 286 g/mol. The minimum absolute atomic E-state index is 0.155. The Morgan fingerprint density at radius 3 is 2.65 bits per heavy atom. The molecule has 20 heavy (non-hydrogen) atoms. The lowest BCUT2D eigenvalue weighted by Crippen LogP contribution is -2.45. The summed E-state index contributed by atoms with van der Waals surface area (Å²) >= 11 is 0. The lowest BCUT2D eigenvalue weighted by Gasteiger charge is -2.26. The van der Waals surface area contributed by atoms with Crippen LogP contribution in [0.5, 0.6) is 0 Å². The molecule has 118 valence electrons. The Kier molecular flexibility index (Phi) is 6.76. The molecule has 0 radical (unpaired) electrons. The Morgan fingerprint density at radius 1 is 1.40 bits per heavy atom. The van der Waals surface area contributed by atoms with Crippen LogP contribution in [-0.4, -0.2) is 42.0 Å². The van der Waals surface area contributed by atoms with Gasteiger partial charge < -0.3 is 20.5 Å². The fraction of sp³-hybridized carbons (Fsp3) is 0.933. The molecule has 0 aliphatic heterocycles. The van der Waals surface area contributed by atoms with Gasteiger partial charge in [0.25, 0.3) is 0 Å². The molecule has 1 aliphatic carbocycles. The monoisotopic (exact) mass is 286 g/mol. The van der Waals surface area contributed by atoms with Crippen LogP contribution in [0.1, 0.15) is 53.4 Å². The second-order valence-corrected chi connectivity index (χ2v) is 6.63. The van der Waals surface area contributed by atoms with E-state index >= 15 is 0 Å². The normalized spacial score (nSPS) is 24.4. The van der Waals surface area contributed by atoms with Crippen LogP contribution in [0.25, 0.3) is 0 Å². The van der Waals surface area contributed by atoms with Crippen molar-refractivity contribution in [3.63, 3.8) is 0 Å². The van der Waals surface area contributed by atoms with E-state index in [1.54, 1.807) is 0 Å². The summed E-state index contributed by atoms with van der Waals surface area (Å²) in [5, 5.41) is 15.6. The molecule has 0 aromatic heterocycles. The second-order valence-electron chi connectivity index (χ2n) is 6.63. The molecule has 3 atom stereocenters. The smallest absolute Gasteiger partial charge is 0.407 e. The first-order chi connectivity index (χ1) is 9.35. The van der Waals surface area contributed by atoms with E-state index in [9.17, 15) is 9.90 Å². The van der Waals surface area contributed by atoms with Gasteiger partial charge in [-0.3, -0.25) is 0 Å². The SMILES string of the molecule is CC[C@H](CO)NC1CCCC1CNC(=O)OC(C)(C)C. The zero-order chi connectivity index (χ0) is 15.2. The molecular weight excluding hydrogens is 256 g/mol. The number of aliphatic hydroxyl groups excluding tert-OH is 1.